The molecule has 1 aliphatic rings. The molecule has 1 fully saturated rings. The minimum absolute atomic E-state index is 0.00594. The van der Waals surface area contributed by atoms with E-state index in [0.29, 0.717) is 42.7 Å². The number of aromatic nitrogens is 2. The second kappa shape index (κ2) is 9.87. The molecular weight excluding hydrogens is 467 g/mol. The van der Waals surface area contributed by atoms with E-state index >= 15 is 0 Å². The third kappa shape index (κ3) is 4.77. The molecule has 178 valence electrons. The van der Waals surface area contributed by atoms with Gasteiger partial charge in [-0.2, -0.15) is 0 Å². The molecule has 0 N–H and O–H groups in total. The van der Waals surface area contributed by atoms with E-state index < -0.39 is 0 Å². The SMILES string of the molecule is C[C@@H](Sc1nnc(-c2ccc(F)cc2)c2ccccc12)C(=O)N1CCN(C(=O)c2ccco2)CC1. The lowest BCUT2D eigenvalue weighted by Crippen LogP contribution is -2.52. The summed E-state index contributed by atoms with van der Waals surface area (Å²) in [5.41, 5.74) is 1.44. The fraction of sp³-hybridized carbons (Fsp3) is 0.231. The van der Waals surface area contributed by atoms with Gasteiger partial charge in [0.05, 0.1) is 11.5 Å². The topological polar surface area (TPSA) is 79.5 Å². The summed E-state index contributed by atoms with van der Waals surface area (Å²) in [6.07, 6.45) is 1.48. The number of furan rings is 1. The number of carbonyl (C=O) groups is 2. The van der Waals surface area contributed by atoms with E-state index in [-0.39, 0.29) is 22.9 Å². The van der Waals surface area contributed by atoms with E-state index in [0.717, 1.165) is 16.3 Å². The van der Waals surface area contributed by atoms with Gasteiger partial charge in [-0.3, -0.25) is 9.59 Å². The van der Waals surface area contributed by atoms with Gasteiger partial charge in [0.25, 0.3) is 5.91 Å². The second-order valence-electron chi connectivity index (χ2n) is 8.26. The summed E-state index contributed by atoms with van der Waals surface area (Å²) >= 11 is 1.37. The number of hydrogen-bond donors (Lipinski definition) is 0. The number of thioether (sulfide) groups is 1. The minimum atomic E-state index is -0.378. The molecule has 2 amide bonds. The van der Waals surface area contributed by atoms with E-state index in [1.807, 2.05) is 31.2 Å². The van der Waals surface area contributed by atoms with Crippen LogP contribution in [0, 0.1) is 5.82 Å². The summed E-state index contributed by atoms with van der Waals surface area (Å²) in [7, 11) is 0. The molecule has 1 atom stereocenters. The lowest BCUT2D eigenvalue weighted by molar-refractivity contribution is -0.131. The Hall–Kier alpha value is -3.72. The van der Waals surface area contributed by atoms with Crippen LogP contribution in [0.5, 0.6) is 0 Å². The predicted octanol–water partition coefficient (Wildman–Crippen LogP) is 4.49. The summed E-state index contributed by atoms with van der Waals surface area (Å²) < 4.78 is 18.6. The maximum Gasteiger partial charge on any atom is 0.289 e. The van der Waals surface area contributed by atoms with Crippen molar-refractivity contribution >= 4 is 34.3 Å². The molecule has 5 rings (SSSR count). The monoisotopic (exact) mass is 490 g/mol. The molecule has 0 unspecified atom stereocenters. The molecular formula is C26H23FN4O3S. The van der Waals surface area contributed by atoms with Crippen LogP contribution in [0.3, 0.4) is 0 Å². The number of hydrogen-bond acceptors (Lipinski definition) is 6. The van der Waals surface area contributed by atoms with Gasteiger partial charge in [-0.1, -0.05) is 36.0 Å². The van der Waals surface area contributed by atoms with Crippen molar-refractivity contribution in [2.24, 2.45) is 0 Å². The van der Waals surface area contributed by atoms with Gasteiger partial charge < -0.3 is 14.2 Å². The first kappa shape index (κ1) is 23.0. The Labute approximate surface area is 205 Å². The molecule has 0 aliphatic carbocycles. The predicted molar refractivity (Wildman–Crippen MR) is 131 cm³/mol. The summed E-state index contributed by atoms with van der Waals surface area (Å²) in [6, 6.07) is 17.2. The van der Waals surface area contributed by atoms with E-state index in [9.17, 15) is 14.0 Å². The van der Waals surface area contributed by atoms with Crippen molar-refractivity contribution in [2.45, 2.75) is 17.2 Å². The zero-order valence-electron chi connectivity index (χ0n) is 19.1. The molecule has 3 heterocycles. The van der Waals surface area contributed by atoms with Gasteiger partial charge >= 0.3 is 0 Å². The Morgan fingerprint density at radius 2 is 1.60 bits per heavy atom. The minimum Gasteiger partial charge on any atom is -0.459 e. The molecule has 1 aliphatic heterocycles. The Morgan fingerprint density at radius 1 is 0.914 bits per heavy atom. The molecule has 2 aromatic heterocycles. The van der Waals surface area contributed by atoms with Gasteiger partial charge in [-0.05, 0) is 43.3 Å². The number of benzene rings is 2. The van der Waals surface area contributed by atoms with E-state index in [2.05, 4.69) is 10.2 Å². The zero-order chi connectivity index (χ0) is 24.4. The van der Waals surface area contributed by atoms with Gasteiger partial charge in [-0.25, -0.2) is 4.39 Å². The summed E-state index contributed by atoms with van der Waals surface area (Å²) in [5.74, 6) is -0.166. The van der Waals surface area contributed by atoms with Gasteiger partial charge in [0, 0.05) is 42.5 Å². The highest BCUT2D eigenvalue weighted by Gasteiger charge is 2.29. The lowest BCUT2D eigenvalue weighted by atomic mass is 10.1. The molecule has 0 spiro atoms. The number of fused-ring (bicyclic) bond motifs is 1. The van der Waals surface area contributed by atoms with E-state index in [4.69, 9.17) is 4.42 Å². The standard InChI is InChI=1S/C26H23FN4O3S/c1-17(25(32)30-12-14-31(15-13-30)26(33)22-7-4-16-34-22)35-24-21-6-3-2-5-20(21)23(28-29-24)18-8-10-19(27)11-9-18/h2-11,16-17H,12-15H2,1H3/t17-/m1/s1. The van der Waals surface area contributed by atoms with E-state index in [1.54, 1.807) is 34.1 Å². The number of rotatable bonds is 5. The number of piperazine rings is 1. The van der Waals surface area contributed by atoms with Crippen LogP contribution in [0.2, 0.25) is 0 Å². The summed E-state index contributed by atoms with van der Waals surface area (Å²) in [5, 5.41) is 10.9. The number of nitrogens with zero attached hydrogens (tertiary/aromatic N) is 4. The highest BCUT2D eigenvalue weighted by molar-refractivity contribution is 8.00. The van der Waals surface area contributed by atoms with Crippen LogP contribution in [0.15, 0.2) is 76.4 Å². The molecule has 2 aromatic carbocycles. The first-order valence-electron chi connectivity index (χ1n) is 11.3. The number of halogens is 1. The molecule has 0 radical (unpaired) electrons. The third-order valence-electron chi connectivity index (χ3n) is 6.02. The Bertz CT molecular complexity index is 1350. The van der Waals surface area contributed by atoms with Gasteiger partial charge in [-0.15, -0.1) is 10.2 Å². The van der Waals surface area contributed by atoms with Gasteiger partial charge in [0.1, 0.15) is 16.5 Å². The molecule has 1 saturated heterocycles. The average Bonchev–Trinajstić information content (AvgIpc) is 3.44. The highest BCUT2D eigenvalue weighted by Crippen LogP contribution is 2.34. The van der Waals surface area contributed by atoms with Gasteiger partial charge in [0.15, 0.2) is 5.76 Å². The second-order valence-corrected chi connectivity index (χ2v) is 9.59. The van der Waals surface area contributed by atoms with Crippen molar-refractivity contribution in [3.8, 4) is 11.3 Å². The number of carbonyl (C=O) groups excluding carboxylic acids is 2. The number of amides is 2. The maximum absolute atomic E-state index is 13.4. The maximum atomic E-state index is 13.4. The van der Waals surface area contributed by atoms with Gasteiger partial charge in [0.2, 0.25) is 5.91 Å². The Kier molecular flexibility index (Phi) is 6.50. The first-order valence-corrected chi connectivity index (χ1v) is 12.2. The fourth-order valence-corrected chi connectivity index (χ4v) is 5.13. The van der Waals surface area contributed by atoms with E-state index in [1.165, 1.54) is 30.2 Å². The van der Waals surface area contributed by atoms with Crippen molar-refractivity contribution in [3.63, 3.8) is 0 Å². The van der Waals surface area contributed by atoms with Crippen LogP contribution in [-0.2, 0) is 4.79 Å². The Balaban J connectivity index is 1.29. The van der Waals surface area contributed by atoms with Crippen molar-refractivity contribution in [1.29, 1.82) is 0 Å². The molecule has 0 saturated carbocycles. The quantitative estimate of drug-likeness (QED) is 0.384. The largest absolute Gasteiger partial charge is 0.459 e. The summed E-state index contributed by atoms with van der Waals surface area (Å²) in [6.45, 7) is 3.70. The van der Waals surface area contributed by atoms with Crippen LogP contribution in [0.4, 0.5) is 4.39 Å². The molecule has 35 heavy (non-hydrogen) atoms. The molecule has 7 nitrogen and oxygen atoms in total. The highest BCUT2D eigenvalue weighted by atomic mass is 32.2. The fourth-order valence-electron chi connectivity index (χ4n) is 4.15. The molecule has 0 bridgehead atoms. The average molecular weight is 491 g/mol. The zero-order valence-corrected chi connectivity index (χ0v) is 19.9. The molecule has 4 aromatic rings. The first-order chi connectivity index (χ1) is 17.0. The Morgan fingerprint density at radius 3 is 2.29 bits per heavy atom. The third-order valence-corrected chi connectivity index (χ3v) is 7.10. The van der Waals surface area contributed by atoms with Crippen LogP contribution in [0.25, 0.3) is 22.0 Å². The van der Waals surface area contributed by atoms with Crippen molar-refractivity contribution in [3.05, 3.63) is 78.5 Å². The van der Waals surface area contributed by atoms with Crippen molar-refractivity contribution in [1.82, 2.24) is 20.0 Å². The van der Waals surface area contributed by atoms with Crippen molar-refractivity contribution < 1.29 is 18.4 Å². The summed E-state index contributed by atoms with van der Waals surface area (Å²) in [4.78, 5) is 29.1. The lowest BCUT2D eigenvalue weighted by Gasteiger charge is -2.35. The van der Waals surface area contributed by atoms with Crippen LogP contribution in [0.1, 0.15) is 17.5 Å². The smallest absolute Gasteiger partial charge is 0.289 e. The van der Waals surface area contributed by atoms with Crippen LogP contribution >= 0.6 is 11.8 Å². The van der Waals surface area contributed by atoms with Crippen molar-refractivity contribution in [2.75, 3.05) is 26.2 Å². The van der Waals surface area contributed by atoms with Crippen LogP contribution in [-0.4, -0.2) is 63.2 Å². The van der Waals surface area contributed by atoms with Crippen LogP contribution < -0.4 is 0 Å². The normalized spacial score (nSPS) is 14.8. The molecule has 9 heteroatoms.